The van der Waals surface area contributed by atoms with Crippen LogP contribution in [0.15, 0.2) is 0 Å². The van der Waals surface area contributed by atoms with Crippen molar-refractivity contribution in [1.82, 2.24) is 15.1 Å². The van der Waals surface area contributed by atoms with Crippen LogP contribution >= 0.6 is 0 Å². The second kappa shape index (κ2) is 8.46. The van der Waals surface area contributed by atoms with Crippen LogP contribution in [0.2, 0.25) is 0 Å². The van der Waals surface area contributed by atoms with Gasteiger partial charge in [0.05, 0.1) is 24.7 Å². The van der Waals surface area contributed by atoms with Crippen LogP contribution in [-0.2, 0) is 17.8 Å². The third kappa shape index (κ3) is 5.58. The van der Waals surface area contributed by atoms with Gasteiger partial charge in [-0.25, -0.2) is 0 Å². The summed E-state index contributed by atoms with van der Waals surface area (Å²) < 4.78 is 1.87. The number of carbonyl (C=O) groups excluding carboxylic acids is 1. The van der Waals surface area contributed by atoms with Crippen molar-refractivity contribution in [2.75, 3.05) is 6.54 Å². The number of nitriles is 1. The van der Waals surface area contributed by atoms with E-state index in [1.807, 2.05) is 18.5 Å². The molecular weight excluding hydrogens is 264 g/mol. The molecule has 0 aliphatic heterocycles. The van der Waals surface area contributed by atoms with E-state index in [1.165, 1.54) is 0 Å². The molecule has 0 spiro atoms. The molecule has 0 bridgehead atoms. The Morgan fingerprint density at radius 2 is 2.14 bits per heavy atom. The zero-order valence-corrected chi connectivity index (χ0v) is 13.6. The monoisotopic (exact) mass is 290 g/mol. The fraction of sp³-hybridized carbons (Fsp3) is 0.688. The van der Waals surface area contributed by atoms with Gasteiger partial charge in [-0.2, -0.15) is 10.4 Å². The first-order chi connectivity index (χ1) is 9.95. The maximum Gasteiger partial charge on any atom is 0.220 e. The molecule has 1 aromatic heterocycles. The molecule has 1 N–H and O–H groups in total. The number of aryl methyl sites for hydroxylation is 2. The highest BCUT2D eigenvalue weighted by Crippen LogP contribution is 2.15. The third-order valence-electron chi connectivity index (χ3n) is 3.61. The molecule has 116 valence electrons. The van der Waals surface area contributed by atoms with E-state index in [1.54, 1.807) is 0 Å². The fourth-order valence-electron chi connectivity index (χ4n) is 2.30. The van der Waals surface area contributed by atoms with E-state index >= 15 is 0 Å². The lowest BCUT2D eigenvalue weighted by Gasteiger charge is -2.07. The Hall–Kier alpha value is -1.83. The average Bonchev–Trinajstić information content (AvgIpc) is 2.68. The minimum Gasteiger partial charge on any atom is -0.356 e. The lowest BCUT2D eigenvalue weighted by atomic mass is 10.1. The number of hydrogen-bond donors (Lipinski definition) is 1. The summed E-state index contributed by atoms with van der Waals surface area (Å²) in [5, 5.41) is 16.0. The van der Waals surface area contributed by atoms with Crippen molar-refractivity contribution >= 4 is 5.91 Å². The third-order valence-corrected chi connectivity index (χ3v) is 3.61. The van der Waals surface area contributed by atoms with Crippen molar-refractivity contribution in [3.05, 3.63) is 17.0 Å². The Balaban J connectivity index is 2.50. The van der Waals surface area contributed by atoms with E-state index in [0.717, 1.165) is 29.9 Å². The van der Waals surface area contributed by atoms with Gasteiger partial charge in [-0.15, -0.1) is 0 Å². The molecule has 5 heteroatoms. The summed E-state index contributed by atoms with van der Waals surface area (Å²) in [5.74, 6) is 0.701. The van der Waals surface area contributed by atoms with Gasteiger partial charge in [0.25, 0.3) is 0 Å². The van der Waals surface area contributed by atoms with Gasteiger partial charge in [-0.1, -0.05) is 13.8 Å². The van der Waals surface area contributed by atoms with Gasteiger partial charge in [0, 0.05) is 18.7 Å². The van der Waals surface area contributed by atoms with E-state index in [0.29, 0.717) is 31.7 Å². The average molecular weight is 290 g/mol. The van der Waals surface area contributed by atoms with Crippen LogP contribution in [0.25, 0.3) is 0 Å². The van der Waals surface area contributed by atoms with Crippen LogP contribution in [-0.4, -0.2) is 22.2 Å². The van der Waals surface area contributed by atoms with Crippen LogP contribution in [0.1, 0.15) is 50.1 Å². The van der Waals surface area contributed by atoms with Crippen molar-refractivity contribution in [3.8, 4) is 6.07 Å². The summed E-state index contributed by atoms with van der Waals surface area (Å²) in [6, 6.07) is 2.13. The molecule has 1 rings (SSSR count). The van der Waals surface area contributed by atoms with Gasteiger partial charge in [0.15, 0.2) is 0 Å². The zero-order valence-electron chi connectivity index (χ0n) is 13.6. The van der Waals surface area contributed by atoms with Crippen LogP contribution in [0.5, 0.6) is 0 Å². The Morgan fingerprint density at radius 1 is 1.43 bits per heavy atom. The summed E-state index contributed by atoms with van der Waals surface area (Å²) in [6.45, 7) is 9.62. The summed E-state index contributed by atoms with van der Waals surface area (Å²) in [4.78, 5) is 11.8. The van der Waals surface area contributed by atoms with Gasteiger partial charge >= 0.3 is 0 Å². The van der Waals surface area contributed by atoms with E-state index in [2.05, 4.69) is 30.3 Å². The predicted molar refractivity (Wildman–Crippen MR) is 82.7 cm³/mol. The number of nitrogens with one attached hydrogen (secondary N) is 1. The largest absolute Gasteiger partial charge is 0.356 e. The molecule has 0 atom stereocenters. The SMILES string of the molecule is Cc1nn(CCC#N)c(C)c1CCC(=O)NCCC(C)C. The van der Waals surface area contributed by atoms with Crippen LogP contribution in [0.4, 0.5) is 0 Å². The van der Waals surface area contributed by atoms with Gasteiger partial charge in [0.2, 0.25) is 5.91 Å². The van der Waals surface area contributed by atoms with E-state index < -0.39 is 0 Å². The minimum absolute atomic E-state index is 0.0965. The van der Waals surface area contributed by atoms with E-state index in [-0.39, 0.29) is 5.91 Å². The quantitative estimate of drug-likeness (QED) is 0.799. The highest BCUT2D eigenvalue weighted by Gasteiger charge is 2.12. The van der Waals surface area contributed by atoms with Crippen molar-refractivity contribution < 1.29 is 4.79 Å². The Morgan fingerprint density at radius 3 is 2.76 bits per heavy atom. The standard InChI is InChI=1S/C16H26N4O/c1-12(2)8-10-18-16(21)7-6-15-13(3)19-20(14(15)4)11-5-9-17/h12H,5-8,10-11H2,1-4H3,(H,18,21). The van der Waals surface area contributed by atoms with Crippen molar-refractivity contribution in [2.24, 2.45) is 5.92 Å². The molecule has 5 nitrogen and oxygen atoms in total. The number of hydrogen-bond acceptors (Lipinski definition) is 3. The molecule has 0 aliphatic rings. The molecule has 0 fully saturated rings. The molecule has 0 saturated carbocycles. The maximum absolute atomic E-state index is 11.8. The molecule has 0 saturated heterocycles. The first kappa shape index (κ1) is 17.2. The van der Waals surface area contributed by atoms with Gasteiger partial charge in [-0.3, -0.25) is 9.48 Å². The number of carbonyl (C=O) groups is 1. The lowest BCUT2D eigenvalue weighted by molar-refractivity contribution is -0.121. The summed E-state index contributed by atoms with van der Waals surface area (Å²) in [7, 11) is 0. The normalized spacial score (nSPS) is 10.7. The molecule has 0 unspecified atom stereocenters. The van der Waals surface area contributed by atoms with Gasteiger partial charge in [0.1, 0.15) is 0 Å². The number of rotatable bonds is 8. The van der Waals surface area contributed by atoms with Gasteiger partial charge in [-0.05, 0) is 38.2 Å². The molecule has 0 radical (unpaired) electrons. The molecule has 1 amide bonds. The second-order valence-corrected chi connectivity index (χ2v) is 5.81. The summed E-state index contributed by atoms with van der Waals surface area (Å²) >= 11 is 0. The Kier molecular flexibility index (Phi) is 6.93. The first-order valence-corrected chi connectivity index (χ1v) is 7.62. The van der Waals surface area contributed by atoms with Crippen molar-refractivity contribution in [2.45, 2.75) is 59.9 Å². The number of nitrogens with zero attached hydrogens (tertiary/aromatic N) is 3. The molecule has 0 aliphatic carbocycles. The molecule has 21 heavy (non-hydrogen) atoms. The topological polar surface area (TPSA) is 70.7 Å². The molecule has 1 heterocycles. The van der Waals surface area contributed by atoms with Crippen molar-refractivity contribution in [3.63, 3.8) is 0 Å². The highest BCUT2D eigenvalue weighted by molar-refractivity contribution is 5.76. The molecule has 1 aromatic rings. The van der Waals surface area contributed by atoms with Gasteiger partial charge < -0.3 is 5.32 Å². The van der Waals surface area contributed by atoms with Crippen LogP contribution in [0.3, 0.4) is 0 Å². The Bertz CT molecular complexity index is 511. The van der Waals surface area contributed by atoms with Crippen LogP contribution < -0.4 is 5.32 Å². The van der Waals surface area contributed by atoms with Crippen LogP contribution in [0, 0.1) is 31.1 Å². The van der Waals surface area contributed by atoms with E-state index in [4.69, 9.17) is 5.26 Å². The summed E-state index contributed by atoms with van der Waals surface area (Å²) in [6.07, 6.45) is 2.66. The van der Waals surface area contributed by atoms with E-state index in [9.17, 15) is 4.79 Å². The summed E-state index contributed by atoms with van der Waals surface area (Å²) in [5.41, 5.74) is 3.16. The number of amides is 1. The smallest absolute Gasteiger partial charge is 0.220 e. The minimum atomic E-state index is 0.0965. The second-order valence-electron chi connectivity index (χ2n) is 5.81. The highest BCUT2D eigenvalue weighted by atomic mass is 16.1. The van der Waals surface area contributed by atoms with Crippen molar-refractivity contribution in [1.29, 1.82) is 5.26 Å². The first-order valence-electron chi connectivity index (χ1n) is 7.62. The zero-order chi connectivity index (χ0) is 15.8. The number of aromatic nitrogens is 2. The predicted octanol–water partition coefficient (Wildman–Crippen LogP) is 2.51. The molecular formula is C16H26N4O. The maximum atomic E-state index is 11.8. The lowest BCUT2D eigenvalue weighted by Crippen LogP contribution is -2.25. The molecule has 0 aromatic carbocycles. The fourth-order valence-corrected chi connectivity index (χ4v) is 2.30. The Labute approximate surface area is 127 Å².